The third-order valence-corrected chi connectivity index (χ3v) is 5.09. The van der Waals surface area contributed by atoms with E-state index in [4.69, 9.17) is 9.47 Å². The molecule has 2 fully saturated rings. The second-order valence-electron chi connectivity index (χ2n) is 6.67. The van der Waals surface area contributed by atoms with E-state index in [9.17, 15) is 4.79 Å². The molecule has 1 N–H and O–H groups in total. The van der Waals surface area contributed by atoms with Gasteiger partial charge >= 0.3 is 5.97 Å². The Morgan fingerprint density at radius 3 is 2.55 bits per heavy atom. The minimum Gasteiger partial charge on any atom is -0.468 e. The van der Waals surface area contributed by atoms with Crippen LogP contribution in [0.4, 0.5) is 0 Å². The lowest BCUT2D eigenvalue weighted by Gasteiger charge is -2.40. The molecule has 0 amide bonds. The Balaban J connectivity index is 1.94. The third-order valence-electron chi connectivity index (χ3n) is 5.09. The molecule has 1 unspecified atom stereocenters. The van der Waals surface area contributed by atoms with E-state index in [1.54, 1.807) is 0 Å². The zero-order valence-corrected chi connectivity index (χ0v) is 13.1. The first-order chi connectivity index (χ1) is 9.57. The average molecular weight is 283 g/mol. The molecule has 0 aromatic rings. The van der Waals surface area contributed by atoms with Crippen molar-refractivity contribution in [1.82, 2.24) is 5.32 Å². The van der Waals surface area contributed by atoms with Crippen LogP contribution < -0.4 is 5.32 Å². The number of methoxy groups -OCH3 is 1. The lowest BCUT2D eigenvalue weighted by Crippen LogP contribution is -2.56. The molecule has 116 valence electrons. The summed E-state index contributed by atoms with van der Waals surface area (Å²) in [5.41, 5.74) is -0.480. The van der Waals surface area contributed by atoms with Crippen LogP contribution in [-0.4, -0.2) is 37.9 Å². The molecule has 4 nitrogen and oxygen atoms in total. The van der Waals surface area contributed by atoms with E-state index >= 15 is 0 Å². The summed E-state index contributed by atoms with van der Waals surface area (Å²) in [5, 5.41) is 3.49. The number of carbonyl (C=O) groups is 1. The van der Waals surface area contributed by atoms with E-state index in [1.165, 1.54) is 7.11 Å². The molecular formula is C16H29NO3. The Labute approximate surface area is 122 Å². The van der Waals surface area contributed by atoms with Crippen LogP contribution in [-0.2, 0) is 14.3 Å². The van der Waals surface area contributed by atoms with Crippen LogP contribution in [0.5, 0.6) is 0 Å². The van der Waals surface area contributed by atoms with Crippen molar-refractivity contribution in [2.45, 2.75) is 64.0 Å². The largest absolute Gasteiger partial charge is 0.468 e. The SMILES string of the molecule is COC(=O)C1(NCC2CCCO2)CCC(C(C)C)CC1. The second kappa shape index (κ2) is 6.90. The highest BCUT2D eigenvalue weighted by molar-refractivity contribution is 5.80. The second-order valence-corrected chi connectivity index (χ2v) is 6.67. The van der Waals surface area contributed by atoms with Gasteiger partial charge in [-0.3, -0.25) is 10.1 Å². The van der Waals surface area contributed by atoms with Gasteiger partial charge in [0.25, 0.3) is 0 Å². The highest BCUT2D eigenvalue weighted by Gasteiger charge is 2.43. The van der Waals surface area contributed by atoms with Crippen molar-refractivity contribution in [3.8, 4) is 0 Å². The number of carbonyl (C=O) groups excluding carboxylic acids is 1. The summed E-state index contributed by atoms with van der Waals surface area (Å²) in [5.74, 6) is 1.33. The molecule has 1 atom stereocenters. The van der Waals surface area contributed by atoms with Gasteiger partial charge in [-0.1, -0.05) is 13.8 Å². The molecule has 1 heterocycles. The Kier molecular flexibility index (Phi) is 5.44. The van der Waals surface area contributed by atoms with Gasteiger partial charge in [-0.15, -0.1) is 0 Å². The van der Waals surface area contributed by atoms with E-state index in [0.29, 0.717) is 5.92 Å². The van der Waals surface area contributed by atoms with Gasteiger partial charge in [0, 0.05) is 13.2 Å². The first kappa shape index (κ1) is 15.8. The van der Waals surface area contributed by atoms with Crippen LogP contribution in [0.1, 0.15) is 52.4 Å². The van der Waals surface area contributed by atoms with Gasteiger partial charge in [-0.25, -0.2) is 0 Å². The maximum atomic E-state index is 12.2. The first-order valence-corrected chi connectivity index (χ1v) is 8.02. The number of hydrogen-bond acceptors (Lipinski definition) is 4. The molecule has 2 aliphatic rings. The van der Waals surface area contributed by atoms with E-state index in [-0.39, 0.29) is 12.1 Å². The molecule has 0 radical (unpaired) electrons. The van der Waals surface area contributed by atoms with Crippen molar-refractivity contribution >= 4 is 5.97 Å². The third kappa shape index (κ3) is 3.53. The summed E-state index contributed by atoms with van der Waals surface area (Å²) in [7, 11) is 1.49. The minimum absolute atomic E-state index is 0.0993. The maximum Gasteiger partial charge on any atom is 0.326 e. The minimum atomic E-state index is -0.480. The lowest BCUT2D eigenvalue weighted by atomic mass is 9.72. The predicted octanol–water partition coefficient (Wildman–Crippen LogP) is 2.51. The Morgan fingerprint density at radius 1 is 1.35 bits per heavy atom. The molecule has 1 saturated carbocycles. The van der Waals surface area contributed by atoms with E-state index in [1.807, 2.05) is 0 Å². The normalized spacial score (nSPS) is 34.4. The smallest absolute Gasteiger partial charge is 0.326 e. The number of rotatable bonds is 5. The van der Waals surface area contributed by atoms with Crippen LogP contribution in [0.15, 0.2) is 0 Å². The van der Waals surface area contributed by atoms with Crippen molar-refractivity contribution in [3.05, 3.63) is 0 Å². The summed E-state index contributed by atoms with van der Waals surface area (Å²) < 4.78 is 10.7. The van der Waals surface area contributed by atoms with Crippen molar-refractivity contribution in [3.63, 3.8) is 0 Å². The summed E-state index contributed by atoms with van der Waals surface area (Å²) in [6, 6.07) is 0. The molecule has 20 heavy (non-hydrogen) atoms. The van der Waals surface area contributed by atoms with Gasteiger partial charge in [0.15, 0.2) is 0 Å². The number of esters is 1. The quantitative estimate of drug-likeness (QED) is 0.788. The van der Waals surface area contributed by atoms with Crippen LogP contribution in [0, 0.1) is 11.8 Å². The molecule has 1 aliphatic carbocycles. The summed E-state index contributed by atoms with van der Waals surface area (Å²) in [6.07, 6.45) is 6.46. The fraction of sp³-hybridized carbons (Fsp3) is 0.938. The maximum absolute atomic E-state index is 12.2. The van der Waals surface area contributed by atoms with E-state index in [2.05, 4.69) is 19.2 Å². The molecule has 2 rings (SSSR count). The van der Waals surface area contributed by atoms with E-state index in [0.717, 1.165) is 57.6 Å². The first-order valence-electron chi connectivity index (χ1n) is 8.02. The van der Waals surface area contributed by atoms with Crippen LogP contribution in [0.2, 0.25) is 0 Å². The fourth-order valence-electron chi connectivity index (χ4n) is 3.56. The summed E-state index contributed by atoms with van der Waals surface area (Å²) in [6.45, 7) is 6.17. The molecule has 1 saturated heterocycles. The Bertz CT molecular complexity index is 316. The standard InChI is InChI=1S/C16H29NO3/c1-12(2)13-6-8-16(9-7-13,15(18)19-3)17-11-14-5-4-10-20-14/h12-14,17H,4-11H2,1-3H3. The molecule has 4 heteroatoms. The predicted molar refractivity (Wildman–Crippen MR) is 78.5 cm³/mol. The van der Waals surface area contributed by atoms with Crippen molar-refractivity contribution in [2.75, 3.05) is 20.3 Å². The Hall–Kier alpha value is -0.610. The zero-order chi connectivity index (χ0) is 14.6. The highest BCUT2D eigenvalue weighted by Crippen LogP contribution is 2.36. The average Bonchev–Trinajstić information content (AvgIpc) is 2.98. The molecule has 0 aromatic carbocycles. The van der Waals surface area contributed by atoms with Crippen molar-refractivity contribution < 1.29 is 14.3 Å². The van der Waals surface area contributed by atoms with Gasteiger partial charge in [0.2, 0.25) is 0 Å². The highest BCUT2D eigenvalue weighted by atomic mass is 16.5. The zero-order valence-electron chi connectivity index (χ0n) is 13.1. The fourth-order valence-corrected chi connectivity index (χ4v) is 3.56. The number of ether oxygens (including phenoxy) is 2. The van der Waals surface area contributed by atoms with Gasteiger partial charge in [0.05, 0.1) is 13.2 Å². The van der Waals surface area contributed by atoms with Crippen LogP contribution in [0.25, 0.3) is 0 Å². The van der Waals surface area contributed by atoms with E-state index < -0.39 is 5.54 Å². The monoisotopic (exact) mass is 283 g/mol. The lowest BCUT2D eigenvalue weighted by molar-refractivity contribution is -0.151. The molecule has 0 aromatic heterocycles. The topological polar surface area (TPSA) is 47.6 Å². The Morgan fingerprint density at radius 2 is 2.05 bits per heavy atom. The van der Waals surface area contributed by atoms with Crippen LogP contribution in [0.3, 0.4) is 0 Å². The van der Waals surface area contributed by atoms with Gasteiger partial charge in [-0.05, 0) is 50.4 Å². The van der Waals surface area contributed by atoms with Crippen LogP contribution >= 0.6 is 0 Å². The van der Waals surface area contributed by atoms with Gasteiger partial charge in [0.1, 0.15) is 5.54 Å². The molecule has 1 aliphatic heterocycles. The molecule has 0 bridgehead atoms. The summed E-state index contributed by atoms with van der Waals surface area (Å²) >= 11 is 0. The molecular weight excluding hydrogens is 254 g/mol. The molecule has 0 spiro atoms. The van der Waals surface area contributed by atoms with Crippen molar-refractivity contribution in [2.24, 2.45) is 11.8 Å². The number of nitrogens with one attached hydrogen (secondary N) is 1. The van der Waals surface area contributed by atoms with Crippen molar-refractivity contribution in [1.29, 1.82) is 0 Å². The number of hydrogen-bond donors (Lipinski definition) is 1. The summed E-state index contributed by atoms with van der Waals surface area (Å²) in [4.78, 5) is 12.2. The van der Waals surface area contributed by atoms with Gasteiger partial charge < -0.3 is 9.47 Å². The van der Waals surface area contributed by atoms with Gasteiger partial charge in [-0.2, -0.15) is 0 Å².